The predicted molar refractivity (Wildman–Crippen MR) is 91.3 cm³/mol. The number of unbranched alkanes of at least 4 members (excludes halogenated alkanes) is 1. The Kier molecular flexibility index (Phi) is 5.83. The maximum Gasteiger partial charge on any atom is 0.305 e. The van der Waals surface area contributed by atoms with Crippen molar-refractivity contribution in [3.63, 3.8) is 0 Å². The van der Waals surface area contributed by atoms with Crippen molar-refractivity contribution >= 4 is 11.9 Å². The molecule has 4 aliphatic rings. The summed E-state index contributed by atoms with van der Waals surface area (Å²) in [6.07, 6.45) is 11.8. The van der Waals surface area contributed by atoms with Crippen LogP contribution in [-0.4, -0.2) is 25.2 Å². The molecule has 4 heteroatoms. The van der Waals surface area contributed by atoms with Crippen LogP contribution in [0.25, 0.3) is 0 Å². The van der Waals surface area contributed by atoms with Crippen molar-refractivity contribution in [1.82, 2.24) is 0 Å². The van der Waals surface area contributed by atoms with Crippen molar-refractivity contribution in [3.8, 4) is 0 Å². The maximum atomic E-state index is 11.9. The van der Waals surface area contributed by atoms with Crippen LogP contribution < -0.4 is 0 Å². The molecule has 4 bridgehead atoms. The fraction of sp³-hybridized carbons (Fsp3) is 0.900. The first kappa shape index (κ1) is 17.8. The maximum absolute atomic E-state index is 11.9. The molecule has 0 spiro atoms. The van der Waals surface area contributed by atoms with E-state index in [0.717, 1.165) is 24.2 Å². The van der Waals surface area contributed by atoms with Gasteiger partial charge in [-0.1, -0.05) is 0 Å². The third kappa shape index (κ3) is 4.52. The second-order valence-electron chi connectivity index (χ2n) is 8.40. The van der Waals surface area contributed by atoms with Gasteiger partial charge in [-0.3, -0.25) is 9.59 Å². The number of esters is 2. The smallest absolute Gasteiger partial charge is 0.305 e. The summed E-state index contributed by atoms with van der Waals surface area (Å²) in [6.45, 7) is 2.81. The highest BCUT2D eigenvalue weighted by Crippen LogP contribution is 2.61. The van der Waals surface area contributed by atoms with Gasteiger partial charge in [-0.2, -0.15) is 0 Å². The molecule has 0 atom stereocenters. The Morgan fingerprint density at radius 2 is 1.38 bits per heavy atom. The Morgan fingerprint density at radius 3 is 1.88 bits per heavy atom. The van der Waals surface area contributed by atoms with Crippen molar-refractivity contribution in [2.45, 2.75) is 77.6 Å². The van der Waals surface area contributed by atoms with E-state index in [0.29, 0.717) is 44.3 Å². The lowest BCUT2D eigenvalue weighted by Gasteiger charge is -2.57. The molecule has 4 aliphatic carbocycles. The second kappa shape index (κ2) is 7.88. The van der Waals surface area contributed by atoms with Gasteiger partial charge in [-0.05, 0) is 87.9 Å². The molecule has 4 rings (SSSR count). The van der Waals surface area contributed by atoms with Crippen molar-refractivity contribution in [3.05, 3.63) is 0 Å². The number of carbonyl (C=O) groups excluding carboxylic acids is 2. The lowest BCUT2D eigenvalue weighted by Crippen LogP contribution is -2.46. The van der Waals surface area contributed by atoms with Gasteiger partial charge in [0.05, 0.1) is 13.2 Å². The monoisotopic (exact) mass is 336 g/mol. The van der Waals surface area contributed by atoms with Crippen LogP contribution in [-0.2, 0) is 19.1 Å². The van der Waals surface area contributed by atoms with Gasteiger partial charge in [-0.25, -0.2) is 0 Å². The molecule has 4 saturated carbocycles. The summed E-state index contributed by atoms with van der Waals surface area (Å²) in [7, 11) is 0. The Labute approximate surface area is 145 Å². The number of ether oxygens (including phenoxy) is 2. The number of hydrogen-bond donors (Lipinski definition) is 0. The van der Waals surface area contributed by atoms with Crippen LogP contribution in [0.4, 0.5) is 0 Å². The van der Waals surface area contributed by atoms with Crippen LogP contribution in [0.1, 0.15) is 77.6 Å². The summed E-state index contributed by atoms with van der Waals surface area (Å²) >= 11 is 0. The molecule has 0 amide bonds. The first-order chi connectivity index (χ1) is 11.6. The highest BCUT2D eigenvalue weighted by molar-refractivity contribution is 5.70. The number of carbonyl (C=O) groups is 2. The largest absolute Gasteiger partial charge is 0.466 e. The summed E-state index contributed by atoms with van der Waals surface area (Å²) in [4.78, 5) is 23.1. The van der Waals surface area contributed by atoms with Crippen molar-refractivity contribution in [2.75, 3.05) is 13.2 Å². The topological polar surface area (TPSA) is 52.6 Å². The van der Waals surface area contributed by atoms with E-state index in [1.807, 2.05) is 0 Å². The molecule has 0 heterocycles. The van der Waals surface area contributed by atoms with Gasteiger partial charge in [-0.15, -0.1) is 0 Å². The van der Waals surface area contributed by atoms with E-state index in [9.17, 15) is 9.59 Å². The fourth-order valence-corrected chi connectivity index (χ4v) is 5.82. The minimum absolute atomic E-state index is 0.108. The van der Waals surface area contributed by atoms with Gasteiger partial charge in [0.25, 0.3) is 0 Å². The fourth-order valence-electron chi connectivity index (χ4n) is 5.82. The third-order valence-corrected chi connectivity index (χ3v) is 6.38. The molecular weight excluding hydrogens is 304 g/mol. The average molecular weight is 336 g/mol. The lowest BCUT2D eigenvalue weighted by atomic mass is 9.49. The van der Waals surface area contributed by atoms with E-state index in [2.05, 4.69) is 0 Å². The van der Waals surface area contributed by atoms with Gasteiger partial charge in [0.2, 0.25) is 0 Å². The summed E-state index contributed by atoms with van der Waals surface area (Å²) in [5.41, 5.74) is 0.485. The molecule has 0 aromatic rings. The van der Waals surface area contributed by atoms with Gasteiger partial charge >= 0.3 is 11.9 Å². The van der Waals surface area contributed by atoms with Gasteiger partial charge in [0.15, 0.2) is 0 Å². The molecule has 136 valence electrons. The molecule has 0 radical (unpaired) electrons. The van der Waals surface area contributed by atoms with E-state index in [1.165, 1.54) is 38.5 Å². The quantitative estimate of drug-likeness (QED) is 0.466. The molecule has 24 heavy (non-hydrogen) atoms. The summed E-state index contributed by atoms with van der Waals surface area (Å²) in [5, 5.41) is 0. The van der Waals surface area contributed by atoms with Gasteiger partial charge in [0.1, 0.15) is 0 Å². The molecule has 0 aromatic heterocycles. The number of rotatable bonds is 9. The SMILES string of the molecule is CCOC(=O)CCCCC(=O)OCCC12CC3CC(CC(C3)C1)C2. The number of hydrogen-bond acceptors (Lipinski definition) is 4. The zero-order valence-electron chi connectivity index (χ0n) is 15.1. The highest BCUT2D eigenvalue weighted by Gasteiger charge is 2.50. The van der Waals surface area contributed by atoms with E-state index in [-0.39, 0.29) is 11.9 Å². The summed E-state index contributed by atoms with van der Waals surface area (Å²) in [5.74, 6) is 2.58. The van der Waals surface area contributed by atoms with Crippen LogP contribution in [0.5, 0.6) is 0 Å². The van der Waals surface area contributed by atoms with Crippen LogP contribution in [0.2, 0.25) is 0 Å². The van der Waals surface area contributed by atoms with Crippen LogP contribution in [0.15, 0.2) is 0 Å². The molecule has 0 saturated heterocycles. The van der Waals surface area contributed by atoms with Crippen LogP contribution >= 0.6 is 0 Å². The van der Waals surface area contributed by atoms with E-state index in [4.69, 9.17) is 9.47 Å². The lowest BCUT2D eigenvalue weighted by molar-refractivity contribution is -0.147. The van der Waals surface area contributed by atoms with Crippen LogP contribution in [0, 0.1) is 23.2 Å². The van der Waals surface area contributed by atoms with Gasteiger partial charge < -0.3 is 9.47 Å². The molecule has 0 aliphatic heterocycles. The zero-order valence-corrected chi connectivity index (χ0v) is 15.1. The molecule has 4 nitrogen and oxygen atoms in total. The zero-order chi connectivity index (χ0) is 17.0. The predicted octanol–water partition coefficient (Wildman–Crippen LogP) is 4.26. The minimum Gasteiger partial charge on any atom is -0.466 e. The second-order valence-corrected chi connectivity index (χ2v) is 8.40. The first-order valence-corrected chi connectivity index (χ1v) is 9.90. The van der Waals surface area contributed by atoms with E-state index < -0.39 is 0 Å². The summed E-state index contributed by atoms with van der Waals surface area (Å²) < 4.78 is 10.4. The molecular formula is C20H32O4. The van der Waals surface area contributed by atoms with Crippen molar-refractivity contribution in [1.29, 1.82) is 0 Å². The Bertz CT molecular complexity index is 421. The van der Waals surface area contributed by atoms with Crippen molar-refractivity contribution < 1.29 is 19.1 Å². The highest BCUT2D eigenvalue weighted by atomic mass is 16.5. The average Bonchev–Trinajstić information content (AvgIpc) is 2.50. The molecule has 0 N–H and O–H groups in total. The van der Waals surface area contributed by atoms with Crippen LogP contribution in [0.3, 0.4) is 0 Å². The van der Waals surface area contributed by atoms with Crippen molar-refractivity contribution in [2.24, 2.45) is 23.2 Å². The van der Waals surface area contributed by atoms with E-state index in [1.54, 1.807) is 6.92 Å². The van der Waals surface area contributed by atoms with E-state index >= 15 is 0 Å². The standard InChI is InChI=1S/C20H32O4/c1-2-23-18(21)5-3-4-6-19(22)24-8-7-20-12-15-9-16(13-20)11-17(10-15)14-20/h15-17H,2-14H2,1H3. The third-order valence-electron chi connectivity index (χ3n) is 6.38. The first-order valence-electron chi connectivity index (χ1n) is 9.90. The molecule has 0 aromatic carbocycles. The Hall–Kier alpha value is -1.06. The summed E-state index contributed by atoms with van der Waals surface area (Å²) in [6, 6.07) is 0. The normalized spacial score (nSPS) is 33.5. The molecule has 0 unspecified atom stereocenters. The minimum atomic E-state index is -0.173. The Morgan fingerprint density at radius 1 is 0.875 bits per heavy atom. The molecule has 4 fully saturated rings. The Balaban J connectivity index is 1.29. The van der Waals surface area contributed by atoms with Gasteiger partial charge in [0, 0.05) is 12.8 Å².